The minimum absolute atomic E-state index is 0.287. The van der Waals surface area contributed by atoms with E-state index in [-0.39, 0.29) is 5.82 Å². The lowest BCUT2D eigenvalue weighted by molar-refractivity contribution is 0.223. The molecule has 0 amide bonds. The number of rotatable bonds is 5. The van der Waals surface area contributed by atoms with Gasteiger partial charge in [-0.3, -0.25) is 0 Å². The van der Waals surface area contributed by atoms with Crippen LogP contribution < -0.4 is 9.47 Å². The Hall–Kier alpha value is -2.33. The van der Waals surface area contributed by atoms with Crippen molar-refractivity contribution < 1.29 is 19.0 Å². The summed E-state index contributed by atoms with van der Waals surface area (Å²) >= 11 is 0. The van der Waals surface area contributed by atoms with Gasteiger partial charge in [-0.1, -0.05) is 24.3 Å². The third-order valence-corrected chi connectivity index (χ3v) is 3.10. The molecule has 2 rings (SSSR count). The lowest BCUT2D eigenvalue weighted by Crippen LogP contribution is -1.98. The molecule has 2 aromatic carbocycles. The second-order valence-electron chi connectivity index (χ2n) is 4.46. The maximum absolute atomic E-state index is 12.8. The Morgan fingerprint density at radius 2 is 1.76 bits per heavy atom. The number of hydrogen-bond acceptors (Lipinski definition) is 3. The number of halogens is 1. The summed E-state index contributed by atoms with van der Waals surface area (Å²) in [6.45, 7) is 0. The van der Waals surface area contributed by atoms with Gasteiger partial charge in [0.25, 0.3) is 0 Å². The molecule has 1 unspecified atom stereocenters. The Balaban J connectivity index is 2.19. The fourth-order valence-electron chi connectivity index (χ4n) is 1.94. The van der Waals surface area contributed by atoms with Gasteiger partial charge in [-0.05, 0) is 29.8 Å². The van der Waals surface area contributed by atoms with Gasteiger partial charge >= 0.3 is 0 Å². The molecule has 21 heavy (non-hydrogen) atoms. The van der Waals surface area contributed by atoms with Gasteiger partial charge in [-0.25, -0.2) is 4.39 Å². The van der Waals surface area contributed by atoms with E-state index in [1.165, 1.54) is 19.2 Å². The van der Waals surface area contributed by atoms with Crippen LogP contribution in [-0.2, 0) is 0 Å². The van der Waals surface area contributed by atoms with Crippen LogP contribution in [0.15, 0.2) is 48.5 Å². The first-order valence-electron chi connectivity index (χ1n) is 6.48. The molecule has 0 aromatic heterocycles. The van der Waals surface area contributed by atoms with Crippen LogP contribution in [0.1, 0.15) is 17.2 Å². The Morgan fingerprint density at radius 1 is 1.05 bits per heavy atom. The maximum atomic E-state index is 12.8. The van der Waals surface area contributed by atoms with Crippen LogP contribution in [0.2, 0.25) is 0 Å². The molecule has 0 bridgehead atoms. The van der Waals surface area contributed by atoms with Crippen LogP contribution in [-0.4, -0.2) is 19.3 Å². The second-order valence-corrected chi connectivity index (χ2v) is 4.46. The number of benzene rings is 2. The summed E-state index contributed by atoms with van der Waals surface area (Å²) in [5.74, 6) is 0.917. The van der Waals surface area contributed by atoms with E-state index < -0.39 is 6.10 Å². The summed E-state index contributed by atoms with van der Waals surface area (Å²) < 4.78 is 23.2. The van der Waals surface area contributed by atoms with Crippen molar-refractivity contribution in [2.24, 2.45) is 0 Å². The lowest BCUT2D eigenvalue weighted by Gasteiger charge is -2.13. The van der Waals surface area contributed by atoms with Crippen LogP contribution in [0.25, 0.3) is 6.08 Å². The molecule has 0 heterocycles. The smallest absolute Gasteiger partial charge is 0.128 e. The molecular weight excluding hydrogens is 271 g/mol. The Kier molecular flexibility index (Phi) is 4.95. The summed E-state index contributed by atoms with van der Waals surface area (Å²) in [7, 11) is 3.11. The molecule has 0 radical (unpaired) electrons. The molecule has 0 fully saturated rings. The summed E-state index contributed by atoms with van der Waals surface area (Å²) in [5.41, 5.74) is 1.44. The molecule has 0 spiro atoms. The van der Waals surface area contributed by atoms with Gasteiger partial charge in [0.1, 0.15) is 23.4 Å². The molecule has 0 aliphatic heterocycles. The fourth-order valence-corrected chi connectivity index (χ4v) is 1.94. The highest BCUT2D eigenvalue weighted by atomic mass is 19.1. The van der Waals surface area contributed by atoms with Crippen molar-refractivity contribution in [2.75, 3.05) is 14.2 Å². The van der Waals surface area contributed by atoms with Crippen LogP contribution >= 0.6 is 0 Å². The third-order valence-electron chi connectivity index (χ3n) is 3.10. The monoisotopic (exact) mass is 288 g/mol. The molecule has 0 aliphatic carbocycles. The SMILES string of the molecule is COc1ccc(C(O)/C=C/c2ccc(F)cc2)c(OC)c1. The van der Waals surface area contributed by atoms with Crippen molar-refractivity contribution in [1.29, 1.82) is 0 Å². The van der Waals surface area contributed by atoms with E-state index >= 15 is 0 Å². The Labute approximate surface area is 123 Å². The van der Waals surface area contributed by atoms with Gasteiger partial charge in [0.15, 0.2) is 0 Å². The third kappa shape index (κ3) is 3.83. The summed E-state index contributed by atoms with van der Waals surface area (Å²) in [6, 6.07) is 11.3. The van der Waals surface area contributed by atoms with Crippen molar-refractivity contribution in [2.45, 2.75) is 6.10 Å². The second kappa shape index (κ2) is 6.90. The average Bonchev–Trinajstić information content (AvgIpc) is 2.53. The van der Waals surface area contributed by atoms with Gasteiger partial charge < -0.3 is 14.6 Å². The van der Waals surface area contributed by atoms with Gasteiger partial charge in [0, 0.05) is 11.6 Å². The number of hydrogen-bond donors (Lipinski definition) is 1. The van der Waals surface area contributed by atoms with E-state index in [2.05, 4.69) is 0 Å². The van der Waals surface area contributed by atoms with E-state index in [0.29, 0.717) is 17.1 Å². The highest BCUT2D eigenvalue weighted by molar-refractivity contribution is 5.52. The molecule has 4 heteroatoms. The zero-order valence-corrected chi connectivity index (χ0v) is 11.9. The normalized spacial score (nSPS) is 12.4. The molecular formula is C17H17FO3. The molecule has 0 aliphatic rings. The molecule has 3 nitrogen and oxygen atoms in total. The lowest BCUT2D eigenvalue weighted by atomic mass is 10.1. The zero-order chi connectivity index (χ0) is 15.2. The van der Waals surface area contributed by atoms with Crippen LogP contribution in [0.3, 0.4) is 0 Å². The van der Waals surface area contributed by atoms with Crippen molar-refractivity contribution in [3.63, 3.8) is 0 Å². The Bertz CT molecular complexity index is 620. The molecule has 2 aromatic rings. The summed E-state index contributed by atoms with van der Waals surface area (Å²) in [6.07, 6.45) is 2.53. The highest BCUT2D eigenvalue weighted by Gasteiger charge is 2.11. The topological polar surface area (TPSA) is 38.7 Å². The molecule has 110 valence electrons. The van der Waals surface area contributed by atoms with E-state index in [0.717, 1.165) is 5.56 Å². The Morgan fingerprint density at radius 3 is 2.38 bits per heavy atom. The molecule has 0 saturated carbocycles. The zero-order valence-electron chi connectivity index (χ0n) is 11.9. The van der Waals surface area contributed by atoms with E-state index in [4.69, 9.17) is 9.47 Å². The number of methoxy groups -OCH3 is 2. The predicted molar refractivity (Wildman–Crippen MR) is 79.9 cm³/mol. The first kappa shape index (κ1) is 15.1. The maximum Gasteiger partial charge on any atom is 0.128 e. The number of aliphatic hydroxyl groups is 1. The largest absolute Gasteiger partial charge is 0.497 e. The van der Waals surface area contributed by atoms with Crippen LogP contribution in [0.5, 0.6) is 11.5 Å². The standard InChI is InChI=1S/C17H17FO3/c1-20-14-8-9-15(17(11-14)21-2)16(19)10-5-12-3-6-13(18)7-4-12/h3-11,16,19H,1-2H3/b10-5+. The average molecular weight is 288 g/mol. The first-order valence-corrected chi connectivity index (χ1v) is 6.48. The fraction of sp³-hybridized carbons (Fsp3) is 0.176. The first-order chi connectivity index (χ1) is 10.1. The van der Waals surface area contributed by atoms with E-state index in [9.17, 15) is 9.50 Å². The molecule has 1 N–H and O–H groups in total. The van der Waals surface area contributed by atoms with Crippen molar-refractivity contribution in [3.8, 4) is 11.5 Å². The van der Waals surface area contributed by atoms with Crippen molar-refractivity contribution >= 4 is 6.08 Å². The van der Waals surface area contributed by atoms with Gasteiger partial charge in [0.2, 0.25) is 0 Å². The quantitative estimate of drug-likeness (QED) is 0.913. The molecule has 1 atom stereocenters. The molecule has 0 saturated heterocycles. The summed E-state index contributed by atoms with van der Waals surface area (Å²) in [4.78, 5) is 0. The number of ether oxygens (including phenoxy) is 2. The van der Waals surface area contributed by atoms with Crippen LogP contribution in [0, 0.1) is 5.82 Å². The van der Waals surface area contributed by atoms with Crippen molar-refractivity contribution in [3.05, 3.63) is 65.5 Å². The van der Waals surface area contributed by atoms with Gasteiger partial charge in [0.05, 0.1) is 14.2 Å². The van der Waals surface area contributed by atoms with Gasteiger partial charge in [-0.15, -0.1) is 0 Å². The predicted octanol–water partition coefficient (Wildman–Crippen LogP) is 3.59. The van der Waals surface area contributed by atoms with E-state index in [1.807, 2.05) is 0 Å². The highest BCUT2D eigenvalue weighted by Crippen LogP contribution is 2.30. The van der Waals surface area contributed by atoms with Crippen LogP contribution in [0.4, 0.5) is 4.39 Å². The van der Waals surface area contributed by atoms with Gasteiger partial charge in [-0.2, -0.15) is 0 Å². The minimum Gasteiger partial charge on any atom is -0.497 e. The minimum atomic E-state index is -0.823. The summed E-state index contributed by atoms with van der Waals surface area (Å²) in [5, 5.41) is 10.2. The number of aliphatic hydroxyl groups excluding tert-OH is 1. The van der Waals surface area contributed by atoms with Crippen molar-refractivity contribution in [1.82, 2.24) is 0 Å². The van der Waals surface area contributed by atoms with E-state index in [1.54, 1.807) is 49.6 Å².